The van der Waals surface area contributed by atoms with Crippen LogP contribution in [0.5, 0.6) is 0 Å². The molecule has 0 heterocycles. The van der Waals surface area contributed by atoms with Crippen LogP contribution in [0.4, 0.5) is 0 Å². The minimum atomic E-state index is -0.370. The van der Waals surface area contributed by atoms with Crippen LogP contribution in [-0.2, 0) is 19.1 Å². The van der Waals surface area contributed by atoms with E-state index in [1.54, 1.807) is 13.8 Å². The van der Waals surface area contributed by atoms with Gasteiger partial charge in [-0.25, -0.2) is 0 Å². The Morgan fingerprint density at radius 1 is 0.773 bits per heavy atom. The first-order chi connectivity index (χ1) is 10.4. The molecule has 0 aromatic rings. The van der Waals surface area contributed by atoms with E-state index in [0.717, 1.165) is 0 Å². The highest BCUT2D eigenvalue weighted by molar-refractivity contribution is 5.70. The zero-order valence-electron chi connectivity index (χ0n) is 13.8. The average Bonchev–Trinajstić information content (AvgIpc) is 2.44. The van der Waals surface area contributed by atoms with Crippen LogP contribution < -0.4 is 0 Å². The number of ether oxygens (including phenoxy) is 2. The molecule has 0 aromatic heterocycles. The van der Waals surface area contributed by atoms with Crippen molar-refractivity contribution in [1.29, 1.82) is 0 Å². The van der Waals surface area contributed by atoms with Gasteiger partial charge in [0.05, 0.1) is 25.4 Å². The Labute approximate surface area is 132 Å². The van der Waals surface area contributed by atoms with E-state index in [-0.39, 0.29) is 24.1 Å². The summed E-state index contributed by atoms with van der Waals surface area (Å²) < 4.78 is 10.0. The van der Waals surface area contributed by atoms with Crippen molar-refractivity contribution in [3.8, 4) is 0 Å². The fraction of sp³-hybridized carbons (Fsp3) is 0.875. The highest BCUT2D eigenvalue weighted by Gasteiger charge is 2.06. The van der Waals surface area contributed by atoms with Gasteiger partial charge in [0.15, 0.2) is 0 Å². The van der Waals surface area contributed by atoms with Gasteiger partial charge in [0.1, 0.15) is 0 Å². The summed E-state index contributed by atoms with van der Waals surface area (Å²) in [6.07, 6.45) is 3.59. The van der Waals surface area contributed by atoms with Crippen LogP contribution in [0.1, 0.15) is 65.2 Å². The molecular formula is C16H30O6. The minimum absolute atomic E-state index is 0.268. The summed E-state index contributed by atoms with van der Waals surface area (Å²) in [5.74, 6) is -0.535. The lowest BCUT2D eigenvalue weighted by Gasteiger charge is -2.07. The van der Waals surface area contributed by atoms with Crippen LogP contribution in [0.15, 0.2) is 0 Å². The standard InChI is InChI=1S/C16H30O6/c1-13(17)7-5-11-21-15(19)9-3-4-10-16(20)22-12-6-8-14(2)18/h13-14,17-18H,3-12H2,1-2H3. The second kappa shape index (κ2) is 13.5. The van der Waals surface area contributed by atoms with Crippen LogP contribution in [-0.4, -0.2) is 47.6 Å². The molecule has 0 fully saturated rings. The van der Waals surface area contributed by atoms with Gasteiger partial charge in [-0.2, -0.15) is 0 Å². The van der Waals surface area contributed by atoms with Gasteiger partial charge in [0.2, 0.25) is 0 Å². The monoisotopic (exact) mass is 318 g/mol. The normalized spacial score (nSPS) is 13.5. The Hall–Kier alpha value is -1.14. The Balaban J connectivity index is 3.39. The van der Waals surface area contributed by atoms with Crippen molar-refractivity contribution >= 4 is 11.9 Å². The van der Waals surface area contributed by atoms with Crippen LogP contribution in [0.2, 0.25) is 0 Å². The maximum Gasteiger partial charge on any atom is 0.305 e. The van der Waals surface area contributed by atoms with Crippen molar-refractivity contribution in [1.82, 2.24) is 0 Å². The Morgan fingerprint density at radius 3 is 1.45 bits per heavy atom. The summed E-state index contributed by atoms with van der Waals surface area (Å²) in [6, 6.07) is 0. The molecule has 0 bridgehead atoms. The second-order valence-corrected chi connectivity index (χ2v) is 5.63. The van der Waals surface area contributed by atoms with Crippen LogP contribution in [0.25, 0.3) is 0 Å². The molecule has 0 aliphatic rings. The van der Waals surface area contributed by atoms with E-state index in [4.69, 9.17) is 19.7 Å². The molecule has 0 radical (unpaired) electrons. The van der Waals surface area contributed by atoms with Gasteiger partial charge in [-0.05, 0) is 52.4 Å². The van der Waals surface area contributed by atoms with Crippen molar-refractivity contribution in [3.63, 3.8) is 0 Å². The molecule has 6 heteroatoms. The van der Waals surface area contributed by atoms with E-state index >= 15 is 0 Å². The summed E-state index contributed by atoms with van der Waals surface area (Å²) in [6.45, 7) is 4.06. The van der Waals surface area contributed by atoms with E-state index in [1.165, 1.54) is 0 Å². The number of hydrogen-bond donors (Lipinski definition) is 2. The number of esters is 2. The molecule has 0 saturated heterocycles. The van der Waals surface area contributed by atoms with Crippen molar-refractivity contribution < 1.29 is 29.3 Å². The number of hydrogen-bond acceptors (Lipinski definition) is 6. The molecule has 0 aliphatic heterocycles. The van der Waals surface area contributed by atoms with Gasteiger partial charge < -0.3 is 19.7 Å². The molecular weight excluding hydrogens is 288 g/mol. The third-order valence-electron chi connectivity index (χ3n) is 3.07. The number of carbonyl (C=O) groups is 2. The molecule has 130 valence electrons. The Kier molecular flexibility index (Phi) is 12.8. The predicted molar refractivity (Wildman–Crippen MR) is 82.2 cm³/mol. The first kappa shape index (κ1) is 20.9. The van der Waals surface area contributed by atoms with E-state index in [9.17, 15) is 9.59 Å². The Morgan fingerprint density at radius 2 is 1.14 bits per heavy atom. The number of aliphatic hydroxyl groups is 2. The van der Waals surface area contributed by atoms with Crippen LogP contribution in [0, 0.1) is 0 Å². The predicted octanol–water partition coefficient (Wildman–Crippen LogP) is 1.96. The quantitative estimate of drug-likeness (QED) is 0.398. The second-order valence-electron chi connectivity index (χ2n) is 5.63. The molecule has 0 aliphatic carbocycles. The van der Waals surface area contributed by atoms with E-state index < -0.39 is 0 Å². The molecule has 22 heavy (non-hydrogen) atoms. The van der Waals surface area contributed by atoms with Gasteiger partial charge in [-0.15, -0.1) is 0 Å². The molecule has 2 atom stereocenters. The maximum atomic E-state index is 11.4. The molecule has 2 N–H and O–H groups in total. The van der Waals surface area contributed by atoms with Gasteiger partial charge in [-0.1, -0.05) is 0 Å². The van der Waals surface area contributed by atoms with E-state index in [2.05, 4.69) is 0 Å². The maximum absolute atomic E-state index is 11.4. The molecule has 2 unspecified atom stereocenters. The molecule has 0 rings (SSSR count). The fourth-order valence-corrected chi connectivity index (χ4v) is 1.81. The highest BCUT2D eigenvalue weighted by atomic mass is 16.5. The lowest BCUT2D eigenvalue weighted by atomic mass is 10.2. The molecule has 0 spiro atoms. The zero-order chi connectivity index (χ0) is 16.8. The fourth-order valence-electron chi connectivity index (χ4n) is 1.81. The number of carbonyl (C=O) groups excluding carboxylic acids is 2. The van der Waals surface area contributed by atoms with Gasteiger partial charge in [0, 0.05) is 12.8 Å². The zero-order valence-corrected chi connectivity index (χ0v) is 13.8. The van der Waals surface area contributed by atoms with Crippen molar-refractivity contribution in [3.05, 3.63) is 0 Å². The van der Waals surface area contributed by atoms with Crippen molar-refractivity contribution in [2.75, 3.05) is 13.2 Å². The molecule has 0 aromatic carbocycles. The highest BCUT2D eigenvalue weighted by Crippen LogP contribution is 2.05. The van der Waals surface area contributed by atoms with Crippen molar-refractivity contribution in [2.45, 2.75) is 77.4 Å². The van der Waals surface area contributed by atoms with E-state index in [0.29, 0.717) is 64.6 Å². The summed E-state index contributed by atoms with van der Waals surface area (Å²) >= 11 is 0. The summed E-state index contributed by atoms with van der Waals surface area (Å²) in [5, 5.41) is 18.1. The molecule has 0 amide bonds. The lowest BCUT2D eigenvalue weighted by molar-refractivity contribution is -0.146. The van der Waals surface area contributed by atoms with Crippen LogP contribution >= 0.6 is 0 Å². The summed E-state index contributed by atoms with van der Waals surface area (Å²) in [7, 11) is 0. The van der Waals surface area contributed by atoms with Crippen LogP contribution in [0.3, 0.4) is 0 Å². The van der Waals surface area contributed by atoms with E-state index in [1.807, 2.05) is 0 Å². The topological polar surface area (TPSA) is 93.1 Å². The lowest BCUT2D eigenvalue weighted by Crippen LogP contribution is -2.10. The van der Waals surface area contributed by atoms with Crippen molar-refractivity contribution in [2.24, 2.45) is 0 Å². The minimum Gasteiger partial charge on any atom is -0.466 e. The number of rotatable bonds is 13. The van der Waals surface area contributed by atoms with Gasteiger partial charge >= 0.3 is 11.9 Å². The third kappa shape index (κ3) is 15.3. The summed E-state index contributed by atoms with van der Waals surface area (Å²) in [4.78, 5) is 22.8. The largest absolute Gasteiger partial charge is 0.466 e. The Bertz CT molecular complexity index is 271. The SMILES string of the molecule is CC(O)CCCOC(=O)CCCCC(=O)OCCCC(C)O. The molecule has 6 nitrogen and oxygen atoms in total. The number of aliphatic hydroxyl groups excluding tert-OH is 2. The number of unbranched alkanes of at least 4 members (excludes halogenated alkanes) is 1. The molecule has 0 saturated carbocycles. The third-order valence-corrected chi connectivity index (χ3v) is 3.07. The van der Waals surface area contributed by atoms with Gasteiger partial charge in [-0.3, -0.25) is 9.59 Å². The first-order valence-corrected chi connectivity index (χ1v) is 8.09. The first-order valence-electron chi connectivity index (χ1n) is 8.09. The summed E-state index contributed by atoms with van der Waals surface area (Å²) in [5.41, 5.74) is 0. The smallest absolute Gasteiger partial charge is 0.305 e. The average molecular weight is 318 g/mol. The van der Waals surface area contributed by atoms with Gasteiger partial charge in [0.25, 0.3) is 0 Å².